The highest BCUT2D eigenvalue weighted by Gasteiger charge is 2.40. The second-order valence-corrected chi connectivity index (χ2v) is 7.99. The fourth-order valence-corrected chi connectivity index (χ4v) is 4.18. The highest BCUT2D eigenvalue weighted by molar-refractivity contribution is 5.76. The van der Waals surface area contributed by atoms with Gasteiger partial charge in [0.2, 0.25) is 5.91 Å². The molecule has 3 rings (SSSR count). The minimum atomic E-state index is -0.439. The number of aromatic nitrogens is 2. The van der Waals surface area contributed by atoms with Crippen molar-refractivity contribution in [1.82, 2.24) is 15.5 Å². The molecule has 0 saturated heterocycles. The number of rotatable bonds is 6. The maximum absolute atomic E-state index is 12.6. The highest BCUT2D eigenvalue weighted by atomic mass is 16.5. The molecule has 0 bridgehead atoms. The van der Waals surface area contributed by atoms with E-state index < -0.39 is 5.54 Å². The zero-order chi connectivity index (χ0) is 17.0. The second-order valence-electron chi connectivity index (χ2n) is 7.99. The summed E-state index contributed by atoms with van der Waals surface area (Å²) in [6, 6.07) is 0. The fraction of sp³-hybridized carbons (Fsp3) is 0.842. The Balaban J connectivity index is 1.66. The molecule has 1 aromatic rings. The van der Waals surface area contributed by atoms with Crippen molar-refractivity contribution in [2.75, 3.05) is 0 Å². The highest BCUT2D eigenvalue weighted by Crippen LogP contribution is 2.37. The molecule has 1 amide bonds. The molecule has 0 aromatic carbocycles. The summed E-state index contributed by atoms with van der Waals surface area (Å²) >= 11 is 0. The minimum absolute atomic E-state index is 0.146. The lowest BCUT2D eigenvalue weighted by Crippen LogP contribution is -2.47. The lowest BCUT2D eigenvalue weighted by Gasteiger charge is -2.34. The van der Waals surface area contributed by atoms with Crippen molar-refractivity contribution in [2.45, 2.75) is 95.9 Å². The summed E-state index contributed by atoms with van der Waals surface area (Å²) in [5.41, 5.74) is -0.439. The summed E-state index contributed by atoms with van der Waals surface area (Å²) in [5.74, 6) is 2.47. The lowest BCUT2D eigenvalue weighted by molar-refractivity contribution is -0.124. The Bertz CT molecular complexity index is 541. The first-order valence-electron chi connectivity index (χ1n) is 9.74. The zero-order valence-electron chi connectivity index (χ0n) is 15.1. The lowest BCUT2D eigenvalue weighted by atomic mass is 9.81. The summed E-state index contributed by atoms with van der Waals surface area (Å²) in [7, 11) is 0. The number of nitrogens with zero attached hydrogens (tertiary/aromatic N) is 2. The Morgan fingerprint density at radius 3 is 2.54 bits per heavy atom. The van der Waals surface area contributed by atoms with Gasteiger partial charge < -0.3 is 9.84 Å². The zero-order valence-corrected chi connectivity index (χ0v) is 15.1. The van der Waals surface area contributed by atoms with Crippen molar-refractivity contribution in [3.8, 4) is 0 Å². The number of amides is 1. The molecular formula is C19H31N3O2. The first kappa shape index (κ1) is 17.4. The van der Waals surface area contributed by atoms with Crippen LogP contribution in [0.2, 0.25) is 0 Å². The Morgan fingerprint density at radius 2 is 1.92 bits per heavy atom. The third kappa shape index (κ3) is 3.98. The van der Waals surface area contributed by atoms with Crippen LogP contribution < -0.4 is 5.32 Å². The topological polar surface area (TPSA) is 68.0 Å². The minimum Gasteiger partial charge on any atom is -0.342 e. The predicted octanol–water partition coefficient (Wildman–Crippen LogP) is 4.44. The monoisotopic (exact) mass is 333 g/mol. The molecule has 2 aliphatic carbocycles. The molecule has 1 heterocycles. The molecule has 5 nitrogen and oxygen atoms in total. The summed E-state index contributed by atoms with van der Waals surface area (Å²) in [6.07, 6.45) is 12.1. The SMILES string of the molecule is CC(C)c1noc(C2(NC(=O)CCC3CCCC3)CCCCC2)n1. The van der Waals surface area contributed by atoms with E-state index in [1.54, 1.807) is 0 Å². The number of hydrogen-bond donors (Lipinski definition) is 1. The molecule has 2 fully saturated rings. The van der Waals surface area contributed by atoms with Gasteiger partial charge in [-0.3, -0.25) is 4.79 Å². The number of nitrogens with one attached hydrogen (secondary N) is 1. The van der Waals surface area contributed by atoms with E-state index in [1.165, 1.54) is 32.1 Å². The second kappa shape index (κ2) is 7.66. The number of carbonyl (C=O) groups excluding carboxylic acids is 1. The third-order valence-electron chi connectivity index (χ3n) is 5.71. The van der Waals surface area contributed by atoms with Gasteiger partial charge in [-0.05, 0) is 25.2 Å². The first-order chi connectivity index (χ1) is 11.6. The number of hydrogen-bond acceptors (Lipinski definition) is 4. The van der Waals surface area contributed by atoms with Crippen LogP contribution in [-0.2, 0) is 10.3 Å². The maximum Gasteiger partial charge on any atom is 0.252 e. The van der Waals surface area contributed by atoms with E-state index in [9.17, 15) is 4.79 Å². The third-order valence-corrected chi connectivity index (χ3v) is 5.71. The Labute approximate surface area is 145 Å². The summed E-state index contributed by atoms with van der Waals surface area (Å²) in [6.45, 7) is 4.12. The summed E-state index contributed by atoms with van der Waals surface area (Å²) in [4.78, 5) is 17.2. The van der Waals surface area contributed by atoms with Crippen molar-refractivity contribution in [2.24, 2.45) is 5.92 Å². The normalized spacial score (nSPS) is 21.3. The van der Waals surface area contributed by atoms with Crippen LogP contribution in [0.25, 0.3) is 0 Å². The molecule has 0 atom stereocenters. The molecule has 5 heteroatoms. The van der Waals surface area contributed by atoms with Gasteiger partial charge in [0, 0.05) is 12.3 Å². The van der Waals surface area contributed by atoms with E-state index in [4.69, 9.17) is 4.52 Å². The van der Waals surface area contributed by atoms with Crippen molar-refractivity contribution in [3.63, 3.8) is 0 Å². The van der Waals surface area contributed by atoms with Gasteiger partial charge in [-0.2, -0.15) is 4.98 Å². The molecule has 0 radical (unpaired) electrons. The van der Waals surface area contributed by atoms with Crippen molar-refractivity contribution in [1.29, 1.82) is 0 Å². The van der Waals surface area contributed by atoms with Crippen LogP contribution in [0.4, 0.5) is 0 Å². The molecule has 1 aromatic heterocycles. The standard InChI is InChI=1S/C19H31N3O2/c1-14(2)17-20-18(24-22-17)19(12-6-3-7-13-19)21-16(23)11-10-15-8-4-5-9-15/h14-15H,3-13H2,1-2H3,(H,21,23). The molecule has 2 saturated carbocycles. The Morgan fingerprint density at radius 1 is 1.21 bits per heavy atom. The summed E-state index contributed by atoms with van der Waals surface area (Å²) in [5, 5.41) is 7.40. The van der Waals surface area contributed by atoms with E-state index in [0.717, 1.165) is 43.8 Å². The van der Waals surface area contributed by atoms with E-state index >= 15 is 0 Å². The van der Waals surface area contributed by atoms with Gasteiger partial charge in [0.15, 0.2) is 5.82 Å². The summed E-state index contributed by atoms with van der Waals surface area (Å²) < 4.78 is 5.57. The smallest absolute Gasteiger partial charge is 0.252 e. The first-order valence-corrected chi connectivity index (χ1v) is 9.74. The van der Waals surface area contributed by atoms with Crippen LogP contribution in [0.5, 0.6) is 0 Å². The Kier molecular flexibility index (Phi) is 5.57. The van der Waals surface area contributed by atoms with Crippen molar-refractivity contribution in [3.05, 3.63) is 11.7 Å². The van der Waals surface area contributed by atoms with E-state index in [-0.39, 0.29) is 11.8 Å². The van der Waals surface area contributed by atoms with Crippen LogP contribution in [0.15, 0.2) is 4.52 Å². The van der Waals surface area contributed by atoms with Gasteiger partial charge in [0.05, 0.1) is 0 Å². The molecule has 134 valence electrons. The van der Waals surface area contributed by atoms with Gasteiger partial charge in [0.1, 0.15) is 5.54 Å². The van der Waals surface area contributed by atoms with Gasteiger partial charge in [-0.25, -0.2) is 0 Å². The molecular weight excluding hydrogens is 302 g/mol. The molecule has 1 N–H and O–H groups in total. The number of carbonyl (C=O) groups is 1. The predicted molar refractivity (Wildman–Crippen MR) is 92.5 cm³/mol. The van der Waals surface area contributed by atoms with Crippen LogP contribution >= 0.6 is 0 Å². The Hall–Kier alpha value is -1.39. The largest absolute Gasteiger partial charge is 0.342 e. The van der Waals surface area contributed by atoms with E-state index in [2.05, 4.69) is 29.3 Å². The molecule has 0 spiro atoms. The van der Waals surface area contributed by atoms with Crippen molar-refractivity contribution >= 4 is 5.91 Å². The van der Waals surface area contributed by atoms with Gasteiger partial charge in [-0.15, -0.1) is 0 Å². The van der Waals surface area contributed by atoms with Crippen LogP contribution in [-0.4, -0.2) is 16.0 Å². The van der Waals surface area contributed by atoms with Crippen LogP contribution in [0.3, 0.4) is 0 Å². The average Bonchev–Trinajstić information content (AvgIpc) is 3.26. The van der Waals surface area contributed by atoms with Crippen molar-refractivity contribution < 1.29 is 9.32 Å². The van der Waals surface area contributed by atoms with Crippen LogP contribution in [0, 0.1) is 5.92 Å². The quantitative estimate of drug-likeness (QED) is 0.835. The van der Waals surface area contributed by atoms with Gasteiger partial charge in [-0.1, -0.05) is 63.9 Å². The maximum atomic E-state index is 12.6. The van der Waals surface area contributed by atoms with Crippen LogP contribution in [0.1, 0.15) is 102 Å². The fourth-order valence-electron chi connectivity index (χ4n) is 4.18. The molecule has 0 aliphatic heterocycles. The average molecular weight is 333 g/mol. The van der Waals surface area contributed by atoms with E-state index in [1.807, 2.05) is 0 Å². The van der Waals surface area contributed by atoms with Gasteiger partial charge >= 0.3 is 0 Å². The molecule has 24 heavy (non-hydrogen) atoms. The molecule has 2 aliphatic rings. The van der Waals surface area contributed by atoms with E-state index in [0.29, 0.717) is 12.3 Å². The molecule has 0 unspecified atom stereocenters. The van der Waals surface area contributed by atoms with Gasteiger partial charge in [0.25, 0.3) is 5.89 Å².